The molecule has 0 spiro atoms. The van der Waals surface area contributed by atoms with E-state index >= 15 is 0 Å². The number of amides is 2. The Bertz CT molecular complexity index is 600. The molecule has 2 amide bonds. The third-order valence-corrected chi connectivity index (χ3v) is 5.44. The molecule has 2 aliphatic heterocycles. The monoisotopic (exact) mass is 313 g/mol. The van der Waals surface area contributed by atoms with Gasteiger partial charge in [0.05, 0.1) is 6.42 Å². The Morgan fingerprint density at radius 3 is 2.87 bits per heavy atom. The minimum absolute atomic E-state index is 0.186. The van der Waals surface area contributed by atoms with Crippen LogP contribution in [0, 0.1) is 5.92 Å². The van der Waals surface area contributed by atoms with Gasteiger partial charge >= 0.3 is 0 Å². The van der Waals surface area contributed by atoms with Crippen molar-refractivity contribution in [2.75, 3.05) is 13.1 Å². The van der Waals surface area contributed by atoms with Crippen molar-refractivity contribution in [1.29, 1.82) is 0 Å². The average molecular weight is 313 g/mol. The van der Waals surface area contributed by atoms with Crippen molar-refractivity contribution >= 4 is 11.8 Å². The van der Waals surface area contributed by atoms with Crippen molar-refractivity contribution in [3.05, 3.63) is 30.1 Å². The second kappa shape index (κ2) is 5.95. The van der Waals surface area contributed by atoms with Crippen LogP contribution in [-0.4, -0.2) is 51.8 Å². The Hall–Kier alpha value is -1.91. The third kappa shape index (κ3) is 2.96. The first-order valence-corrected chi connectivity index (χ1v) is 8.70. The van der Waals surface area contributed by atoms with Crippen molar-refractivity contribution in [3.8, 4) is 0 Å². The number of aromatic nitrogens is 1. The Morgan fingerprint density at radius 2 is 2.13 bits per heavy atom. The maximum atomic E-state index is 12.6. The largest absolute Gasteiger partial charge is 0.342 e. The molecule has 2 saturated heterocycles. The summed E-state index contributed by atoms with van der Waals surface area (Å²) in [5, 5.41) is 0. The number of hydrogen-bond acceptors (Lipinski definition) is 3. The van der Waals surface area contributed by atoms with Crippen LogP contribution in [0.4, 0.5) is 0 Å². The molecule has 5 heteroatoms. The molecular weight excluding hydrogens is 290 g/mol. The van der Waals surface area contributed by atoms with Crippen molar-refractivity contribution in [2.24, 2.45) is 5.92 Å². The molecule has 3 heterocycles. The van der Waals surface area contributed by atoms with Gasteiger partial charge in [0.2, 0.25) is 11.8 Å². The number of fused-ring (bicyclic) bond motifs is 1. The molecule has 0 radical (unpaired) electrons. The zero-order valence-electron chi connectivity index (χ0n) is 13.4. The second-order valence-corrected chi connectivity index (χ2v) is 7.06. The summed E-state index contributed by atoms with van der Waals surface area (Å²) in [7, 11) is 0. The summed E-state index contributed by atoms with van der Waals surface area (Å²) in [5.41, 5.74) is 0.970. The molecule has 1 aromatic rings. The lowest BCUT2D eigenvalue weighted by Gasteiger charge is -2.47. The molecule has 4 rings (SSSR count). The standard InChI is InChI=1S/C18H23N3O2/c22-17-6-3-14-12-20(9-7-16(14)21(17)15-4-5-15)18(23)10-13-2-1-8-19-11-13/h1-2,8,11,14-16H,3-7,9-10,12H2/t14-,16-/m0/s1. The fraction of sp³-hybridized carbons (Fsp3) is 0.611. The normalized spacial score (nSPS) is 27.7. The number of carbonyl (C=O) groups excluding carboxylic acids is 2. The molecule has 3 fully saturated rings. The van der Waals surface area contributed by atoms with Crippen LogP contribution >= 0.6 is 0 Å². The van der Waals surface area contributed by atoms with Crippen LogP contribution in [-0.2, 0) is 16.0 Å². The number of carbonyl (C=O) groups is 2. The zero-order chi connectivity index (χ0) is 15.8. The number of piperidine rings is 2. The van der Waals surface area contributed by atoms with E-state index in [9.17, 15) is 9.59 Å². The Morgan fingerprint density at radius 1 is 1.26 bits per heavy atom. The topological polar surface area (TPSA) is 53.5 Å². The molecule has 1 aliphatic carbocycles. The molecule has 1 saturated carbocycles. The molecule has 23 heavy (non-hydrogen) atoms. The van der Waals surface area contributed by atoms with E-state index in [1.165, 1.54) is 12.8 Å². The SMILES string of the molecule is O=C(Cc1cccnc1)N1CC[C@H]2[C@@H](CCC(=O)N2C2CC2)C1. The number of pyridine rings is 1. The molecule has 3 aliphatic rings. The van der Waals surface area contributed by atoms with E-state index in [1.807, 2.05) is 17.0 Å². The third-order valence-electron chi connectivity index (χ3n) is 5.44. The molecule has 1 aromatic heterocycles. The number of likely N-dealkylation sites (tertiary alicyclic amines) is 2. The van der Waals surface area contributed by atoms with Crippen LogP contribution in [0.3, 0.4) is 0 Å². The lowest BCUT2D eigenvalue weighted by molar-refractivity contribution is -0.144. The highest BCUT2D eigenvalue weighted by Gasteiger charge is 2.45. The van der Waals surface area contributed by atoms with Crippen molar-refractivity contribution < 1.29 is 9.59 Å². The summed E-state index contributed by atoms with van der Waals surface area (Å²) in [6, 6.07) is 4.68. The van der Waals surface area contributed by atoms with Gasteiger partial charge in [-0.3, -0.25) is 14.6 Å². The van der Waals surface area contributed by atoms with Crippen LogP contribution in [0.5, 0.6) is 0 Å². The summed E-state index contributed by atoms with van der Waals surface area (Å²) >= 11 is 0. The van der Waals surface area contributed by atoms with Gasteiger partial charge in [0.25, 0.3) is 0 Å². The Balaban J connectivity index is 1.40. The van der Waals surface area contributed by atoms with Gasteiger partial charge in [-0.15, -0.1) is 0 Å². The van der Waals surface area contributed by atoms with E-state index in [-0.39, 0.29) is 5.91 Å². The number of hydrogen-bond donors (Lipinski definition) is 0. The predicted octanol–water partition coefficient (Wildman–Crippen LogP) is 1.63. The molecule has 5 nitrogen and oxygen atoms in total. The summed E-state index contributed by atoms with van der Waals surface area (Å²) in [6.07, 6.45) is 8.77. The predicted molar refractivity (Wildman–Crippen MR) is 85.5 cm³/mol. The molecule has 0 aromatic carbocycles. The molecular formula is C18H23N3O2. The first kappa shape index (κ1) is 14.7. The Kier molecular flexibility index (Phi) is 3.79. The summed E-state index contributed by atoms with van der Waals surface area (Å²) in [6.45, 7) is 1.58. The summed E-state index contributed by atoms with van der Waals surface area (Å²) < 4.78 is 0. The van der Waals surface area contributed by atoms with Gasteiger partial charge in [-0.25, -0.2) is 0 Å². The molecule has 0 bridgehead atoms. The maximum absolute atomic E-state index is 12.6. The van der Waals surface area contributed by atoms with Crippen LogP contribution in [0.15, 0.2) is 24.5 Å². The Labute approximate surface area is 136 Å². The van der Waals surface area contributed by atoms with Crippen LogP contribution in [0.2, 0.25) is 0 Å². The smallest absolute Gasteiger partial charge is 0.227 e. The van der Waals surface area contributed by atoms with Gasteiger partial charge in [0, 0.05) is 44.0 Å². The number of nitrogens with zero attached hydrogens (tertiary/aromatic N) is 3. The van der Waals surface area contributed by atoms with Crippen LogP contribution < -0.4 is 0 Å². The second-order valence-electron chi connectivity index (χ2n) is 7.06. The van der Waals surface area contributed by atoms with E-state index in [2.05, 4.69) is 9.88 Å². The highest BCUT2D eigenvalue weighted by Crippen LogP contribution is 2.39. The van der Waals surface area contributed by atoms with Gasteiger partial charge in [-0.05, 0) is 43.2 Å². The maximum Gasteiger partial charge on any atom is 0.227 e. The minimum Gasteiger partial charge on any atom is -0.342 e. The summed E-state index contributed by atoms with van der Waals surface area (Å²) in [5.74, 6) is 0.982. The molecule has 2 atom stereocenters. The van der Waals surface area contributed by atoms with Crippen molar-refractivity contribution in [1.82, 2.24) is 14.8 Å². The lowest BCUT2D eigenvalue weighted by atomic mass is 9.83. The quantitative estimate of drug-likeness (QED) is 0.852. The minimum atomic E-state index is 0.186. The van der Waals surface area contributed by atoms with Crippen LogP contribution in [0.25, 0.3) is 0 Å². The molecule has 0 N–H and O–H groups in total. The van der Waals surface area contributed by atoms with E-state index < -0.39 is 0 Å². The van der Waals surface area contributed by atoms with Gasteiger partial charge in [0.15, 0.2) is 0 Å². The van der Waals surface area contributed by atoms with E-state index in [0.717, 1.165) is 31.5 Å². The molecule has 0 unspecified atom stereocenters. The first-order chi connectivity index (χ1) is 11.2. The van der Waals surface area contributed by atoms with Gasteiger partial charge < -0.3 is 9.80 Å². The number of rotatable bonds is 3. The highest BCUT2D eigenvalue weighted by molar-refractivity contribution is 5.80. The van der Waals surface area contributed by atoms with Crippen LogP contribution in [0.1, 0.15) is 37.7 Å². The average Bonchev–Trinajstić information content (AvgIpc) is 3.40. The summed E-state index contributed by atoms with van der Waals surface area (Å²) in [4.78, 5) is 33.0. The lowest BCUT2D eigenvalue weighted by Crippen LogP contribution is -2.57. The zero-order valence-corrected chi connectivity index (χ0v) is 13.4. The molecule has 122 valence electrons. The van der Waals surface area contributed by atoms with Gasteiger partial charge in [-0.2, -0.15) is 0 Å². The van der Waals surface area contributed by atoms with E-state index in [0.29, 0.717) is 36.8 Å². The highest BCUT2D eigenvalue weighted by atomic mass is 16.2. The van der Waals surface area contributed by atoms with Crippen molar-refractivity contribution in [2.45, 2.75) is 50.6 Å². The van der Waals surface area contributed by atoms with Gasteiger partial charge in [-0.1, -0.05) is 6.07 Å². The fourth-order valence-corrected chi connectivity index (χ4v) is 4.14. The van der Waals surface area contributed by atoms with E-state index in [1.54, 1.807) is 12.4 Å². The fourth-order valence-electron chi connectivity index (χ4n) is 4.14. The van der Waals surface area contributed by atoms with E-state index in [4.69, 9.17) is 0 Å². The van der Waals surface area contributed by atoms with Crippen molar-refractivity contribution in [3.63, 3.8) is 0 Å². The van der Waals surface area contributed by atoms with Gasteiger partial charge in [0.1, 0.15) is 0 Å². The first-order valence-electron chi connectivity index (χ1n) is 8.70.